The Morgan fingerprint density at radius 1 is 0.893 bits per heavy atom. The van der Waals surface area contributed by atoms with Gasteiger partial charge in [-0.25, -0.2) is 0 Å². The monoisotopic (exact) mass is 370 g/mol. The summed E-state index contributed by atoms with van der Waals surface area (Å²) in [4.78, 5) is 12.6. The molecule has 1 aliphatic heterocycles. The van der Waals surface area contributed by atoms with Gasteiger partial charge in [0.15, 0.2) is 0 Å². The molecule has 1 heterocycles. The Morgan fingerprint density at radius 2 is 1.61 bits per heavy atom. The number of anilines is 4. The summed E-state index contributed by atoms with van der Waals surface area (Å²) < 4.78 is 0. The average molecular weight is 370 g/mol. The first-order valence-electron chi connectivity index (χ1n) is 9.32. The number of hydrogen-bond acceptors (Lipinski definition) is 4. The molecule has 3 aromatic carbocycles. The number of hydrogen-bond donors (Lipinski definition) is 2. The molecule has 2 N–H and O–H groups in total. The zero-order valence-corrected chi connectivity index (χ0v) is 15.7. The molecule has 140 valence electrons. The lowest BCUT2D eigenvalue weighted by molar-refractivity contribution is 0.102. The third-order valence-corrected chi connectivity index (χ3v) is 4.59. The molecule has 0 unspecified atom stereocenters. The van der Waals surface area contributed by atoms with Crippen molar-refractivity contribution in [1.82, 2.24) is 0 Å². The fourth-order valence-electron chi connectivity index (χ4n) is 3.11. The quantitative estimate of drug-likeness (QED) is 0.643. The molecular weight excluding hydrogens is 348 g/mol. The summed E-state index contributed by atoms with van der Waals surface area (Å²) in [5.74, 6) is -0.135. The molecule has 1 aliphatic rings. The van der Waals surface area contributed by atoms with Gasteiger partial charge >= 0.3 is 0 Å². The normalized spacial score (nSPS) is 13.2. The highest BCUT2D eigenvalue weighted by Gasteiger charge is 2.13. The van der Waals surface area contributed by atoms with E-state index >= 15 is 0 Å². The Balaban J connectivity index is 1.43. The predicted molar refractivity (Wildman–Crippen MR) is 116 cm³/mol. The minimum atomic E-state index is -0.135. The third kappa shape index (κ3) is 4.20. The van der Waals surface area contributed by atoms with E-state index in [0.717, 1.165) is 41.4 Å². The van der Waals surface area contributed by atoms with Gasteiger partial charge in [0.05, 0.1) is 5.69 Å². The van der Waals surface area contributed by atoms with Gasteiger partial charge in [-0.1, -0.05) is 24.3 Å². The zero-order chi connectivity index (χ0) is 19.3. The summed E-state index contributed by atoms with van der Waals surface area (Å²) in [6.45, 7) is 2.92. The van der Waals surface area contributed by atoms with E-state index in [9.17, 15) is 4.79 Å². The molecule has 3 aromatic rings. The number of carbonyl (C=O) groups excluding carboxylic acids is 1. The first-order chi connectivity index (χ1) is 13.7. The van der Waals surface area contributed by atoms with Crippen LogP contribution in [0.15, 0.2) is 84.0 Å². The lowest BCUT2D eigenvalue weighted by Crippen LogP contribution is -2.14. The second-order valence-corrected chi connectivity index (χ2v) is 6.78. The summed E-state index contributed by atoms with van der Waals surface area (Å²) in [5, 5.41) is 12.7. The van der Waals surface area contributed by atoms with Gasteiger partial charge in [0.25, 0.3) is 5.91 Å². The van der Waals surface area contributed by atoms with Crippen LogP contribution in [0.2, 0.25) is 0 Å². The Labute approximate surface area is 164 Å². The van der Waals surface area contributed by atoms with Crippen LogP contribution in [-0.4, -0.2) is 18.2 Å². The highest BCUT2D eigenvalue weighted by atomic mass is 16.1. The number of hydrazone groups is 1. The highest BCUT2D eigenvalue weighted by molar-refractivity contribution is 6.04. The number of carbonyl (C=O) groups is 1. The molecule has 5 heteroatoms. The van der Waals surface area contributed by atoms with Crippen molar-refractivity contribution >= 4 is 34.4 Å². The van der Waals surface area contributed by atoms with Gasteiger partial charge in [-0.05, 0) is 61.5 Å². The Kier molecular flexibility index (Phi) is 5.06. The first kappa shape index (κ1) is 17.8. The van der Waals surface area contributed by atoms with Crippen molar-refractivity contribution in [2.75, 3.05) is 22.2 Å². The summed E-state index contributed by atoms with van der Waals surface area (Å²) >= 11 is 0. The topological polar surface area (TPSA) is 56.7 Å². The molecular formula is C23H22N4O. The number of nitrogens with zero attached hydrogens (tertiary/aromatic N) is 2. The molecule has 0 saturated heterocycles. The lowest BCUT2D eigenvalue weighted by Gasteiger charge is -2.14. The van der Waals surface area contributed by atoms with Gasteiger partial charge in [-0.3, -0.25) is 9.80 Å². The molecule has 0 saturated carbocycles. The number of para-hydroxylation sites is 1. The van der Waals surface area contributed by atoms with E-state index in [4.69, 9.17) is 0 Å². The van der Waals surface area contributed by atoms with Crippen molar-refractivity contribution in [1.29, 1.82) is 0 Å². The summed E-state index contributed by atoms with van der Waals surface area (Å²) in [6, 6.07) is 25.1. The van der Waals surface area contributed by atoms with Crippen LogP contribution in [-0.2, 0) is 0 Å². The Hall–Kier alpha value is -3.60. The van der Waals surface area contributed by atoms with Crippen molar-refractivity contribution in [3.63, 3.8) is 0 Å². The van der Waals surface area contributed by atoms with E-state index in [1.807, 2.05) is 90.8 Å². The predicted octanol–water partition coefficient (Wildman–Crippen LogP) is 5.27. The molecule has 28 heavy (non-hydrogen) atoms. The Morgan fingerprint density at radius 3 is 2.32 bits per heavy atom. The van der Waals surface area contributed by atoms with Gasteiger partial charge in [0.2, 0.25) is 0 Å². The number of benzene rings is 3. The van der Waals surface area contributed by atoms with Crippen LogP contribution in [0.3, 0.4) is 0 Å². The van der Waals surface area contributed by atoms with E-state index in [2.05, 4.69) is 15.7 Å². The molecule has 0 atom stereocenters. The largest absolute Gasteiger partial charge is 0.355 e. The standard InChI is InChI=1S/C23H22N4O/c1-17-14-15-27(26-17)22-12-10-18(11-13-22)23(28)25-21-9-5-8-20(16-21)24-19-6-3-2-4-7-19/h2-13,16,24H,14-15H2,1H3,(H,25,28). The number of rotatable bonds is 5. The molecule has 0 aromatic heterocycles. The van der Waals surface area contributed by atoms with Crippen molar-refractivity contribution in [2.24, 2.45) is 5.10 Å². The van der Waals surface area contributed by atoms with E-state index in [0.29, 0.717) is 5.56 Å². The minimum absolute atomic E-state index is 0.135. The Bertz CT molecular complexity index is 997. The molecule has 4 rings (SSSR count). The maximum atomic E-state index is 12.6. The maximum Gasteiger partial charge on any atom is 0.255 e. The van der Waals surface area contributed by atoms with Gasteiger partial charge in [0, 0.05) is 41.3 Å². The fraction of sp³-hybridized carbons (Fsp3) is 0.130. The zero-order valence-electron chi connectivity index (χ0n) is 15.7. The molecule has 0 bridgehead atoms. The minimum Gasteiger partial charge on any atom is -0.355 e. The van der Waals surface area contributed by atoms with Crippen molar-refractivity contribution < 1.29 is 4.79 Å². The second kappa shape index (κ2) is 7.96. The molecule has 0 fully saturated rings. The molecule has 1 amide bonds. The van der Waals surface area contributed by atoms with Crippen molar-refractivity contribution in [3.05, 3.63) is 84.4 Å². The highest BCUT2D eigenvalue weighted by Crippen LogP contribution is 2.22. The summed E-state index contributed by atoms with van der Waals surface area (Å²) in [5.41, 5.74) is 5.41. The van der Waals surface area contributed by atoms with Crippen molar-refractivity contribution in [3.8, 4) is 0 Å². The van der Waals surface area contributed by atoms with Crippen LogP contribution < -0.4 is 15.6 Å². The third-order valence-electron chi connectivity index (χ3n) is 4.59. The fourth-order valence-corrected chi connectivity index (χ4v) is 3.11. The van der Waals surface area contributed by atoms with Gasteiger partial charge in [-0.15, -0.1) is 0 Å². The van der Waals surface area contributed by atoms with E-state index in [-0.39, 0.29) is 5.91 Å². The second-order valence-electron chi connectivity index (χ2n) is 6.78. The number of amides is 1. The summed E-state index contributed by atoms with van der Waals surface area (Å²) in [7, 11) is 0. The molecule has 0 spiro atoms. The SMILES string of the molecule is CC1=NN(c2ccc(C(=O)Nc3cccc(Nc4ccccc4)c3)cc2)CC1. The smallest absolute Gasteiger partial charge is 0.255 e. The van der Waals surface area contributed by atoms with Crippen molar-refractivity contribution in [2.45, 2.75) is 13.3 Å². The molecule has 5 nitrogen and oxygen atoms in total. The van der Waals surface area contributed by atoms with E-state index in [1.54, 1.807) is 0 Å². The van der Waals surface area contributed by atoms with Crippen LogP contribution in [0.4, 0.5) is 22.7 Å². The average Bonchev–Trinajstić information content (AvgIpc) is 3.15. The van der Waals surface area contributed by atoms with Crippen LogP contribution >= 0.6 is 0 Å². The lowest BCUT2D eigenvalue weighted by atomic mass is 10.1. The van der Waals surface area contributed by atoms with E-state index < -0.39 is 0 Å². The van der Waals surface area contributed by atoms with Gasteiger partial charge in [-0.2, -0.15) is 5.10 Å². The van der Waals surface area contributed by atoms with E-state index in [1.165, 1.54) is 0 Å². The van der Waals surface area contributed by atoms with Gasteiger partial charge < -0.3 is 10.6 Å². The van der Waals surface area contributed by atoms with Crippen LogP contribution in [0.1, 0.15) is 23.7 Å². The summed E-state index contributed by atoms with van der Waals surface area (Å²) in [6.07, 6.45) is 0.982. The van der Waals surface area contributed by atoms with Gasteiger partial charge in [0.1, 0.15) is 0 Å². The molecule has 0 aliphatic carbocycles. The molecule has 0 radical (unpaired) electrons. The van der Waals surface area contributed by atoms with Crippen LogP contribution in [0, 0.1) is 0 Å². The van der Waals surface area contributed by atoms with Crippen LogP contribution in [0.25, 0.3) is 0 Å². The number of nitrogens with one attached hydrogen (secondary N) is 2. The van der Waals surface area contributed by atoms with Crippen LogP contribution in [0.5, 0.6) is 0 Å². The maximum absolute atomic E-state index is 12.6. The first-order valence-corrected chi connectivity index (χ1v) is 9.32.